The number of nitrogens with zero attached hydrogens (tertiary/aromatic N) is 2. The lowest BCUT2D eigenvalue weighted by Gasteiger charge is -2.26. The molecule has 4 rings (SSSR count). The Bertz CT molecular complexity index is 1410. The molecule has 0 aromatic heterocycles. The highest BCUT2D eigenvalue weighted by Crippen LogP contribution is 2.42. The summed E-state index contributed by atoms with van der Waals surface area (Å²) >= 11 is 0. The van der Waals surface area contributed by atoms with Crippen molar-refractivity contribution >= 4 is 17.4 Å². The zero-order valence-electron chi connectivity index (χ0n) is 23.0. The predicted molar refractivity (Wildman–Crippen MR) is 149 cm³/mol. The van der Waals surface area contributed by atoms with E-state index in [1.165, 1.54) is 31.3 Å². The fourth-order valence-corrected chi connectivity index (χ4v) is 4.69. The van der Waals surface area contributed by atoms with E-state index >= 15 is 0 Å². The monoisotopic (exact) mass is 548 g/mol. The molecule has 1 atom stereocenters. The zero-order chi connectivity index (χ0) is 28.8. The van der Waals surface area contributed by atoms with Crippen molar-refractivity contribution in [1.82, 2.24) is 9.80 Å². The van der Waals surface area contributed by atoms with Crippen molar-refractivity contribution in [3.63, 3.8) is 0 Å². The van der Waals surface area contributed by atoms with Crippen LogP contribution in [0.15, 0.2) is 72.3 Å². The van der Waals surface area contributed by atoms with Crippen LogP contribution in [0.5, 0.6) is 17.2 Å². The van der Waals surface area contributed by atoms with Crippen molar-refractivity contribution in [2.45, 2.75) is 19.1 Å². The highest BCUT2D eigenvalue weighted by atomic mass is 19.1. The molecule has 1 fully saturated rings. The summed E-state index contributed by atoms with van der Waals surface area (Å²) in [6, 6.07) is 17.8. The third-order valence-corrected chi connectivity index (χ3v) is 6.71. The largest absolute Gasteiger partial charge is 0.507 e. The van der Waals surface area contributed by atoms with Crippen LogP contribution >= 0.6 is 0 Å². The number of aliphatic hydroxyl groups excluding tert-OH is 1. The molecule has 9 heteroatoms. The van der Waals surface area contributed by atoms with Gasteiger partial charge in [-0.05, 0) is 68.5 Å². The molecule has 1 amide bonds. The van der Waals surface area contributed by atoms with Crippen LogP contribution < -0.4 is 14.2 Å². The Hall–Kier alpha value is -4.37. The van der Waals surface area contributed by atoms with Crippen molar-refractivity contribution in [1.29, 1.82) is 0 Å². The number of hydrogen-bond donors (Lipinski definition) is 1. The molecule has 0 aliphatic carbocycles. The van der Waals surface area contributed by atoms with Crippen molar-refractivity contribution in [2.75, 3.05) is 41.4 Å². The van der Waals surface area contributed by atoms with Crippen LogP contribution in [0, 0.1) is 5.82 Å². The van der Waals surface area contributed by atoms with Gasteiger partial charge in [-0.3, -0.25) is 9.59 Å². The summed E-state index contributed by atoms with van der Waals surface area (Å²) in [5, 5.41) is 11.3. The van der Waals surface area contributed by atoms with E-state index in [-0.39, 0.29) is 23.4 Å². The summed E-state index contributed by atoms with van der Waals surface area (Å²) in [5.41, 5.74) is 1.46. The third-order valence-electron chi connectivity index (χ3n) is 6.71. The number of ketones is 1. The van der Waals surface area contributed by atoms with Gasteiger partial charge in [0.05, 0.1) is 25.8 Å². The maximum atomic E-state index is 14.5. The van der Waals surface area contributed by atoms with Crippen LogP contribution in [0.25, 0.3) is 5.76 Å². The maximum absolute atomic E-state index is 14.5. The van der Waals surface area contributed by atoms with Crippen LogP contribution in [0.3, 0.4) is 0 Å². The number of aliphatic hydroxyl groups is 1. The topological polar surface area (TPSA) is 88.5 Å². The number of carbonyl (C=O) groups is 2. The van der Waals surface area contributed by atoms with Gasteiger partial charge in [0.1, 0.15) is 12.4 Å². The first-order valence-corrected chi connectivity index (χ1v) is 12.9. The lowest BCUT2D eigenvalue weighted by atomic mass is 9.94. The van der Waals surface area contributed by atoms with E-state index in [1.807, 2.05) is 49.3 Å². The SMILES string of the molecule is COc1ccc(C(O)=C2C(=O)C(=O)N(CCCN(C)C)C2c2ccc(OCc3ccccc3)c(OC)c2)cc1F. The average Bonchev–Trinajstić information content (AvgIpc) is 3.21. The van der Waals surface area contributed by atoms with Crippen molar-refractivity contribution in [3.8, 4) is 17.2 Å². The summed E-state index contributed by atoms with van der Waals surface area (Å²) < 4.78 is 31.0. The molecule has 210 valence electrons. The van der Waals surface area contributed by atoms with E-state index in [4.69, 9.17) is 14.2 Å². The molecule has 0 saturated carbocycles. The van der Waals surface area contributed by atoms with Gasteiger partial charge in [-0.2, -0.15) is 0 Å². The quantitative estimate of drug-likeness (QED) is 0.209. The Morgan fingerprint density at radius 3 is 2.30 bits per heavy atom. The van der Waals surface area contributed by atoms with E-state index in [2.05, 4.69) is 0 Å². The van der Waals surface area contributed by atoms with E-state index in [0.29, 0.717) is 36.6 Å². The lowest BCUT2D eigenvalue weighted by molar-refractivity contribution is -0.139. The number of benzene rings is 3. The normalized spacial score (nSPS) is 16.4. The molecule has 0 spiro atoms. The van der Waals surface area contributed by atoms with Gasteiger partial charge in [-0.1, -0.05) is 36.4 Å². The number of hydrogen-bond acceptors (Lipinski definition) is 7. The van der Waals surface area contributed by atoms with Crippen LogP contribution in [0.4, 0.5) is 4.39 Å². The van der Waals surface area contributed by atoms with Gasteiger partial charge >= 0.3 is 0 Å². The first-order chi connectivity index (χ1) is 19.2. The molecular formula is C31H33FN2O6. The summed E-state index contributed by atoms with van der Waals surface area (Å²) in [7, 11) is 6.67. The number of methoxy groups -OCH3 is 2. The second kappa shape index (κ2) is 12.7. The molecule has 40 heavy (non-hydrogen) atoms. The van der Waals surface area contributed by atoms with Gasteiger partial charge in [0, 0.05) is 12.1 Å². The highest BCUT2D eigenvalue weighted by Gasteiger charge is 2.46. The minimum atomic E-state index is -0.913. The van der Waals surface area contributed by atoms with Crippen LogP contribution in [0.2, 0.25) is 0 Å². The Balaban J connectivity index is 1.76. The highest BCUT2D eigenvalue weighted by molar-refractivity contribution is 6.46. The number of halogens is 1. The number of amides is 1. The summed E-state index contributed by atoms with van der Waals surface area (Å²) in [4.78, 5) is 30.0. The second-order valence-corrected chi connectivity index (χ2v) is 9.68. The predicted octanol–water partition coefficient (Wildman–Crippen LogP) is 4.80. The molecule has 0 bridgehead atoms. The van der Waals surface area contributed by atoms with Gasteiger partial charge in [0.25, 0.3) is 11.7 Å². The fourth-order valence-electron chi connectivity index (χ4n) is 4.69. The summed E-state index contributed by atoms with van der Waals surface area (Å²) in [6.07, 6.45) is 0.600. The second-order valence-electron chi connectivity index (χ2n) is 9.68. The Kier molecular flexibility index (Phi) is 9.06. The molecule has 1 aliphatic rings. The molecule has 1 aliphatic heterocycles. The van der Waals surface area contributed by atoms with Crippen LogP contribution in [-0.2, 0) is 16.2 Å². The van der Waals surface area contributed by atoms with Gasteiger partial charge in [0.15, 0.2) is 23.1 Å². The Morgan fingerprint density at radius 1 is 0.950 bits per heavy atom. The molecule has 3 aromatic carbocycles. The number of likely N-dealkylation sites (tertiary alicyclic amines) is 1. The third kappa shape index (κ3) is 6.10. The van der Waals surface area contributed by atoms with Crippen molar-refractivity contribution in [2.24, 2.45) is 0 Å². The summed E-state index contributed by atoms with van der Waals surface area (Å²) in [5.74, 6) is -1.87. The molecule has 1 heterocycles. The van der Waals surface area contributed by atoms with E-state index < -0.39 is 29.3 Å². The molecule has 0 radical (unpaired) electrons. The van der Waals surface area contributed by atoms with Crippen LogP contribution in [0.1, 0.15) is 29.2 Å². The number of Topliss-reactive ketones (excluding diaryl/α,β-unsaturated/α-hetero) is 1. The maximum Gasteiger partial charge on any atom is 0.295 e. The van der Waals surface area contributed by atoms with Gasteiger partial charge in [-0.25, -0.2) is 4.39 Å². The van der Waals surface area contributed by atoms with Gasteiger partial charge in [0.2, 0.25) is 0 Å². The summed E-state index contributed by atoms with van der Waals surface area (Å²) in [6.45, 7) is 1.29. The Morgan fingerprint density at radius 2 is 1.65 bits per heavy atom. The standard InChI is InChI=1S/C31H33FN2O6/c1-33(2)15-8-16-34-28(21-11-14-25(26(18-21)39-4)40-19-20-9-6-5-7-10-20)27(30(36)31(34)37)29(35)22-12-13-24(38-3)23(32)17-22/h5-7,9-14,17-18,28,35H,8,15-16,19H2,1-4H3. The zero-order valence-corrected chi connectivity index (χ0v) is 23.0. The van der Waals surface area contributed by atoms with E-state index in [1.54, 1.807) is 18.2 Å². The number of carbonyl (C=O) groups excluding carboxylic acids is 2. The average molecular weight is 549 g/mol. The number of ether oxygens (including phenoxy) is 3. The number of rotatable bonds is 11. The minimum absolute atomic E-state index is 0.00642. The van der Waals surface area contributed by atoms with Gasteiger partial charge < -0.3 is 29.1 Å². The van der Waals surface area contributed by atoms with Gasteiger partial charge in [-0.15, -0.1) is 0 Å². The molecule has 3 aromatic rings. The molecule has 8 nitrogen and oxygen atoms in total. The first kappa shape index (κ1) is 28.6. The molecular weight excluding hydrogens is 515 g/mol. The smallest absolute Gasteiger partial charge is 0.295 e. The fraction of sp³-hybridized carbons (Fsp3) is 0.290. The lowest BCUT2D eigenvalue weighted by Crippen LogP contribution is -2.32. The van der Waals surface area contributed by atoms with Crippen molar-refractivity contribution < 1.29 is 33.3 Å². The van der Waals surface area contributed by atoms with E-state index in [9.17, 15) is 19.1 Å². The molecule has 1 saturated heterocycles. The molecule has 1 unspecified atom stereocenters. The van der Waals surface area contributed by atoms with E-state index in [0.717, 1.165) is 11.6 Å². The first-order valence-electron chi connectivity index (χ1n) is 12.9. The molecule has 1 N–H and O–H groups in total. The van der Waals surface area contributed by atoms with Crippen LogP contribution in [-0.4, -0.2) is 68.0 Å². The minimum Gasteiger partial charge on any atom is -0.507 e. The Labute approximate surface area is 233 Å². The van der Waals surface area contributed by atoms with Crippen molar-refractivity contribution in [3.05, 3.63) is 94.8 Å².